The third kappa shape index (κ3) is 3.74. The lowest BCUT2D eigenvalue weighted by Crippen LogP contribution is -2.29. The summed E-state index contributed by atoms with van der Waals surface area (Å²) in [6.07, 6.45) is 8.45. The molecule has 0 fully saturated rings. The van der Waals surface area contributed by atoms with E-state index in [2.05, 4.69) is 19.9 Å². The van der Waals surface area contributed by atoms with Crippen molar-refractivity contribution < 1.29 is 9.53 Å². The molecule has 0 spiro atoms. The van der Waals surface area contributed by atoms with E-state index in [1.54, 1.807) is 18.6 Å². The number of aryl methyl sites for hydroxylation is 1. The van der Waals surface area contributed by atoms with E-state index in [1.165, 1.54) is 0 Å². The molecule has 1 unspecified atom stereocenters. The van der Waals surface area contributed by atoms with Gasteiger partial charge in [-0.25, -0.2) is 4.98 Å². The first kappa shape index (κ1) is 16.3. The van der Waals surface area contributed by atoms with Crippen molar-refractivity contribution >= 4 is 5.91 Å². The van der Waals surface area contributed by atoms with Crippen molar-refractivity contribution in [3.05, 3.63) is 78.1 Å². The number of hydrogen-bond donors (Lipinski definition) is 1. The number of pyridine rings is 1. The van der Waals surface area contributed by atoms with Gasteiger partial charge < -0.3 is 14.6 Å². The van der Waals surface area contributed by atoms with Gasteiger partial charge in [0.2, 0.25) is 5.91 Å². The van der Waals surface area contributed by atoms with Crippen molar-refractivity contribution in [3.63, 3.8) is 0 Å². The molecule has 1 aliphatic rings. The number of nitrogens with zero attached hydrogens (tertiary/aromatic N) is 3. The van der Waals surface area contributed by atoms with Gasteiger partial charge in [0.05, 0.1) is 12.5 Å². The first-order valence-electron chi connectivity index (χ1n) is 8.69. The molecular formula is C20H20N4O2. The van der Waals surface area contributed by atoms with Crippen LogP contribution in [0, 0.1) is 0 Å². The monoisotopic (exact) mass is 348 g/mol. The maximum atomic E-state index is 12.4. The lowest BCUT2D eigenvalue weighted by Gasteiger charge is -2.12. The average molecular weight is 348 g/mol. The molecule has 0 saturated carbocycles. The van der Waals surface area contributed by atoms with E-state index in [0.29, 0.717) is 13.0 Å². The predicted octanol–water partition coefficient (Wildman–Crippen LogP) is 2.66. The van der Waals surface area contributed by atoms with Crippen LogP contribution in [0.15, 0.2) is 61.2 Å². The Hall–Kier alpha value is -3.15. The van der Waals surface area contributed by atoms with Crippen LogP contribution in [0.4, 0.5) is 0 Å². The maximum absolute atomic E-state index is 12.4. The topological polar surface area (TPSA) is 69.0 Å². The van der Waals surface area contributed by atoms with Crippen LogP contribution in [0.25, 0.3) is 0 Å². The Bertz CT molecular complexity index is 892. The van der Waals surface area contributed by atoms with Gasteiger partial charge >= 0.3 is 0 Å². The number of amides is 1. The van der Waals surface area contributed by atoms with Crippen molar-refractivity contribution in [1.82, 2.24) is 19.9 Å². The van der Waals surface area contributed by atoms with Crippen LogP contribution in [0.5, 0.6) is 5.75 Å². The third-order valence-corrected chi connectivity index (χ3v) is 4.44. The van der Waals surface area contributed by atoms with E-state index in [-0.39, 0.29) is 11.9 Å². The lowest BCUT2D eigenvalue weighted by atomic mass is 10.1. The molecule has 1 aromatic carbocycles. The summed E-state index contributed by atoms with van der Waals surface area (Å²) in [5.41, 5.74) is 1.93. The second-order valence-corrected chi connectivity index (χ2v) is 6.36. The zero-order valence-corrected chi connectivity index (χ0v) is 14.3. The SMILES string of the molecule is O=C(Cc1cccc(OCc2cccnc2)c1)NC1CCn2ccnc21. The van der Waals surface area contributed by atoms with Crippen LogP contribution < -0.4 is 10.1 Å². The van der Waals surface area contributed by atoms with E-state index >= 15 is 0 Å². The number of carbonyl (C=O) groups excluding carboxylic acids is 1. The summed E-state index contributed by atoms with van der Waals surface area (Å²) in [7, 11) is 0. The first-order valence-corrected chi connectivity index (χ1v) is 8.69. The fourth-order valence-corrected chi connectivity index (χ4v) is 3.18. The van der Waals surface area contributed by atoms with E-state index < -0.39 is 0 Å². The molecule has 0 radical (unpaired) electrons. The summed E-state index contributed by atoms with van der Waals surface area (Å²) in [5.74, 6) is 1.68. The highest BCUT2D eigenvalue weighted by Crippen LogP contribution is 2.23. The van der Waals surface area contributed by atoms with Crippen molar-refractivity contribution in [2.24, 2.45) is 0 Å². The molecule has 26 heavy (non-hydrogen) atoms. The van der Waals surface area contributed by atoms with E-state index in [0.717, 1.165) is 35.7 Å². The summed E-state index contributed by atoms with van der Waals surface area (Å²) in [5, 5.41) is 3.08. The minimum absolute atomic E-state index is 0.00233. The highest BCUT2D eigenvalue weighted by atomic mass is 16.5. The van der Waals surface area contributed by atoms with Crippen molar-refractivity contribution in [3.8, 4) is 5.75 Å². The number of aromatic nitrogens is 3. The van der Waals surface area contributed by atoms with Crippen LogP contribution in [0.3, 0.4) is 0 Å². The Morgan fingerprint density at radius 3 is 3.04 bits per heavy atom. The molecule has 132 valence electrons. The fraction of sp³-hybridized carbons (Fsp3) is 0.250. The van der Waals surface area contributed by atoms with Crippen molar-refractivity contribution in [2.45, 2.75) is 32.0 Å². The number of rotatable bonds is 6. The third-order valence-electron chi connectivity index (χ3n) is 4.44. The number of fused-ring (bicyclic) bond motifs is 1. The minimum Gasteiger partial charge on any atom is -0.489 e. The Balaban J connectivity index is 1.34. The molecule has 1 atom stereocenters. The van der Waals surface area contributed by atoms with Crippen molar-refractivity contribution in [2.75, 3.05) is 0 Å². The number of nitrogens with one attached hydrogen (secondary N) is 1. The number of hydrogen-bond acceptors (Lipinski definition) is 4. The van der Waals surface area contributed by atoms with Gasteiger partial charge in [-0.2, -0.15) is 0 Å². The molecule has 6 heteroatoms. The summed E-state index contributed by atoms with van der Waals surface area (Å²) in [6, 6.07) is 11.5. The minimum atomic E-state index is -0.00383. The molecular weight excluding hydrogens is 328 g/mol. The smallest absolute Gasteiger partial charge is 0.225 e. The Morgan fingerprint density at radius 2 is 2.15 bits per heavy atom. The molecule has 0 aliphatic carbocycles. The van der Waals surface area contributed by atoms with Crippen LogP contribution >= 0.6 is 0 Å². The lowest BCUT2D eigenvalue weighted by molar-refractivity contribution is -0.121. The van der Waals surface area contributed by atoms with E-state index in [1.807, 2.05) is 42.6 Å². The Labute approximate surface area is 151 Å². The summed E-state index contributed by atoms with van der Waals surface area (Å²) >= 11 is 0. The number of benzene rings is 1. The molecule has 1 N–H and O–H groups in total. The Morgan fingerprint density at radius 1 is 1.23 bits per heavy atom. The quantitative estimate of drug-likeness (QED) is 0.744. The molecule has 0 saturated heterocycles. The maximum Gasteiger partial charge on any atom is 0.225 e. The zero-order valence-electron chi connectivity index (χ0n) is 14.3. The average Bonchev–Trinajstić information content (AvgIpc) is 3.26. The number of carbonyl (C=O) groups is 1. The van der Waals surface area contributed by atoms with Gasteiger partial charge in [0.15, 0.2) is 0 Å². The van der Waals surface area contributed by atoms with Gasteiger partial charge in [0, 0.05) is 36.9 Å². The highest BCUT2D eigenvalue weighted by molar-refractivity contribution is 5.79. The van der Waals surface area contributed by atoms with E-state index in [9.17, 15) is 4.79 Å². The summed E-state index contributed by atoms with van der Waals surface area (Å²) < 4.78 is 7.88. The molecule has 6 nitrogen and oxygen atoms in total. The summed E-state index contributed by atoms with van der Waals surface area (Å²) in [4.78, 5) is 20.8. The van der Waals surface area contributed by atoms with Gasteiger partial charge in [0.1, 0.15) is 18.2 Å². The van der Waals surface area contributed by atoms with Gasteiger partial charge in [-0.15, -0.1) is 0 Å². The normalized spacial score (nSPS) is 15.5. The van der Waals surface area contributed by atoms with Gasteiger partial charge in [-0.1, -0.05) is 18.2 Å². The molecule has 1 amide bonds. The highest BCUT2D eigenvalue weighted by Gasteiger charge is 2.24. The number of imidazole rings is 1. The number of ether oxygens (including phenoxy) is 1. The second kappa shape index (κ2) is 7.39. The zero-order chi connectivity index (χ0) is 17.8. The molecule has 2 aromatic heterocycles. The fourth-order valence-electron chi connectivity index (χ4n) is 3.18. The van der Waals surface area contributed by atoms with Gasteiger partial charge in [-0.3, -0.25) is 9.78 Å². The molecule has 3 aromatic rings. The van der Waals surface area contributed by atoms with Crippen LogP contribution in [-0.4, -0.2) is 20.4 Å². The van der Waals surface area contributed by atoms with Crippen molar-refractivity contribution in [1.29, 1.82) is 0 Å². The molecule has 0 bridgehead atoms. The second-order valence-electron chi connectivity index (χ2n) is 6.36. The van der Waals surface area contributed by atoms with Gasteiger partial charge in [-0.05, 0) is 30.2 Å². The van der Waals surface area contributed by atoms with Crippen LogP contribution in [0.1, 0.15) is 29.4 Å². The Kier molecular flexibility index (Phi) is 4.64. The summed E-state index contributed by atoms with van der Waals surface area (Å²) in [6.45, 7) is 1.35. The van der Waals surface area contributed by atoms with E-state index in [4.69, 9.17) is 4.74 Å². The van der Waals surface area contributed by atoms with Crippen LogP contribution in [0.2, 0.25) is 0 Å². The molecule has 1 aliphatic heterocycles. The largest absolute Gasteiger partial charge is 0.489 e. The van der Waals surface area contributed by atoms with Crippen LogP contribution in [-0.2, 0) is 24.4 Å². The standard InChI is InChI=1S/C20H20N4O2/c25-19(23-18-6-9-24-10-8-22-20(18)24)12-15-3-1-5-17(11-15)26-14-16-4-2-7-21-13-16/h1-5,7-8,10-11,13,18H,6,9,12,14H2,(H,23,25). The molecule has 3 heterocycles. The molecule has 4 rings (SSSR count). The predicted molar refractivity (Wildman–Crippen MR) is 96.4 cm³/mol. The van der Waals surface area contributed by atoms with Gasteiger partial charge in [0.25, 0.3) is 0 Å². The first-order chi connectivity index (χ1) is 12.8.